The van der Waals surface area contributed by atoms with E-state index in [9.17, 15) is 4.39 Å². The van der Waals surface area contributed by atoms with Crippen LogP contribution in [0.1, 0.15) is 23.3 Å². The van der Waals surface area contributed by atoms with Crippen LogP contribution >= 0.6 is 0 Å². The minimum absolute atomic E-state index is 0.188. The SMILES string of the molecule is COc1ccc(C(N)c2n[nH]c(COc3ccc(F)cc3)n2)cc1. The zero-order chi connectivity index (χ0) is 16.9. The maximum Gasteiger partial charge on any atom is 0.172 e. The number of benzene rings is 2. The molecule has 3 aromatic rings. The number of hydrogen-bond acceptors (Lipinski definition) is 5. The quantitative estimate of drug-likeness (QED) is 0.726. The van der Waals surface area contributed by atoms with Crippen LogP contribution in [0.3, 0.4) is 0 Å². The molecule has 3 rings (SSSR count). The monoisotopic (exact) mass is 328 g/mol. The third kappa shape index (κ3) is 3.69. The van der Waals surface area contributed by atoms with Crippen molar-refractivity contribution in [1.82, 2.24) is 15.2 Å². The number of hydrogen-bond donors (Lipinski definition) is 2. The van der Waals surface area contributed by atoms with Gasteiger partial charge >= 0.3 is 0 Å². The summed E-state index contributed by atoms with van der Waals surface area (Å²) in [6.45, 7) is 0.188. The summed E-state index contributed by atoms with van der Waals surface area (Å²) in [4.78, 5) is 4.34. The van der Waals surface area contributed by atoms with E-state index >= 15 is 0 Å². The van der Waals surface area contributed by atoms with Crippen LogP contribution in [0.25, 0.3) is 0 Å². The van der Waals surface area contributed by atoms with Crippen LogP contribution in [0.5, 0.6) is 11.5 Å². The fourth-order valence-electron chi connectivity index (χ4n) is 2.16. The predicted molar refractivity (Wildman–Crippen MR) is 86.1 cm³/mol. The van der Waals surface area contributed by atoms with Crippen molar-refractivity contribution in [2.45, 2.75) is 12.6 Å². The molecule has 0 spiro atoms. The molecule has 124 valence electrons. The summed E-state index contributed by atoms with van der Waals surface area (Å²) in [6, 6.07) is 12.7. The number of nitrogens with zero attached hydrogens (tertiary/aromatic N) is 2. The fraction of sp³-hybridized carbons (Fsp3) is 0.176. The highest BCUT2D eigenvalue weighted by Gasteiger charge is 2.15. The third-order valence-corrected chi connectivity index (χ3v) is 3.49. The first kappa shape index (κ1) is 15.9. The van der Waals surface area contributed by atoms with E-state index in [0.29, 0.717) is 17.4 Å². The molecule has 0 amide bonds. The second kappa shape index (κ2) is 7.10. The summed E-state index contributed by atoms with van der Waals surface area (Å²) in [6.07, 6.45) is 0. The lowest BCUT2D eigenvalue weighted by Crippen LogP contribution is -2.13. The molecule has 1 unspecified atom stereocenters. The van der Waals surface area contributed by atoms with E-state index in [1.165, 1.54) is 12.1 Å². The Bertz CT molecular complexity index is 787. The normalized spacial score (nSPS) is 12.0. The Kier molecular flexibility index (Phi) is 4.72. The number of halogens is 1. The average molecular weight is 328 g/mol. The van der Waals surface area contributed by atoms with Crippen molar-refractivity contribution in [3.05, 3.63) is 71.6 Å². The van der Waals surface area contributed by atoms with Crippen molar-refractivity contribution < 1.29 is 13.9 Å². The van der Waals surface area contributed by atoms with Crippen molar-refractivity contribution in [2.75, 3.05) is 7.11 Å². The molecule has 0 aliphatic rings. The van der Waals surface area contributed by atoms with Gasteiger partial charge in [-0.3, -0.25) is 5.10 Å². The number of H-pyrrole nitrogens is 1. The zero-order valence-electron chi connectivity index (χ0n) is 13.1. The minimum atomic E-state index is -0.452. The number of methoxy groups -OCH3 is 1. The van der Waals surface area contributed by atoms with Crippen LogP contribution < -0.4 is 15.2 Å². The summed E-state index contributed by atoms with van der Waals surface area (Å²) in [7, 11) is 1.61. The maximum absolute atomic E-state index is 12.8. The molecule has 7 heteroatoms. The van der Waals surface area contributed by atoms with Gasteiger partial charge in [-0.25, -0.2) is 9.37 Å². The van der Waals surface area contributed by atoms with Crippen LogP contribution in [0.2, 0.25) is 0 Å². The van der Waals surface area contributed by atoms with Crippen LogP contribution in [0.15, 0.2) is 48.5 Å². The van der Waals surface area contributed by atoms with E-state index in [0.717, 1.165) is 11.3 Å². The molecule has 0 bridgehead atoms. The largest absolute Gasteiger partial charge is 0.497 e. The van der Waals surface area contributed by atoms with Gasteiger partial charge in [0.1, 0.15) is 23.9 Å². The molecule has 0 saturated carbocycles. The first-order valence-electron chi connectivity index (χ1n) is 7.35. The number of ether oxygens (including phenoxy) is 2. The Morgan fingerprint density at radius 2 is 1.75 bits per heavy atom. The van der Waals surface area contributed by atoms with Crippen molar-refractivity contribution in [3.8, 4) is 11.5 Å². The van der Waals surface area contributed by atoms with Crippen molar-refractivity contribution in [1.29, 1.82) is 0 Å². The summed E-state index contributed by atoms with van der Waals surface area (Å²) in [5.74, 6) is 2.01. The number of nitrogens with one attached hydrogen (secondary N) is 1. The molecule has 3 N–H and O–H groups in total. The second-order valence-corrected chi connectivity index (χ2v) is 5.13. The lowest BCUT2D eigenvalue weighted by Gasteiger charge is -2.08. The molecular weight excluding hydrogens is 311 g/mol. The molecule has 0 fully saturated rings. The highest BCUT2D eigenvalue weighted by molar-refractivity contribution is 5.31. The van der Waals surface area contributed by atoms with Gasteiger partial charge in [-0.2, -0.15) is 5.10 Å². The summed E-state index contributed by atoms with van der Waals surface area (Å²) in [5, 5.41) is 6.92. The Balaban J connectivity index is 1.64. The molecular formula is C17H17FN4O2. The highest BCUT2D eigenvalue weighted by atomic mass is 19.1. The van der Waals surface area contributed by atoms with Crippen LogP contribution in [0.4, 0.5) is 4.39 Å². The highest BCUT2D eigenvalue weighted by Crippen LogP contribution is 2.20. The Hall–Kier alpha value is -2.93. The Morgan fingerprint density at radius 3 is 2.42 bits per heavy atom. The lowest BCUT2D eigenvalue weighted by molar-refractivity contribution is 0.296. The molecule has 0 saturated heterocycles. The summed E-state index contributed by atoms with van der Waals surface area (Å²) < 4.78 is 23.5. The van der Waals surface area contributed by atoms with Gasteiger partial charge in [-0.05, 0) is 42.0 Å². The van der Waals surface area contributed by atoms with Gasteiger partial charge in [0.25, 0.3) is 0 Å². The van der Waals surface area contributed by atoms with E-state index in [2.05, 4.69) is 15.2 Å². The molecule has 1 heterocycles. The molecule has 0 aliphatic carbocycles. The van der Waals surface area contributed by atoms with E-state index < -0.39 is 6.04 Å². The molecule has 6 nitrogen and oxygen atoms in total. The van der Waals surface area contributed by atoms with Crippen molar-refractivity contribution in [3.63, 3.8) is 0 Å². The van der Waals surface area contributed by atoms with Gasteiger partial charge in [0.2, 0.25) is 0 Å². The van der Waals surface area contributed by atoms with Gasteiger partial charge in [-0.15, -0.1) is 0 Å². The van der Waals surface area contributed by atoms with Crippen LogP contribution in [0, 0.1) is 5.82 Å². The van der Waals surface area contributed by atoms with Gasteiger partial charge in [0, 0.05) is 0 Å². The van der Waals surface area contributed by atoms with Gasteiger partial charge in [0.05, 0.1) is 13.2 Å². The predicted octanol–water partition coefficient (Wildman–Crippen LogP) is 2.58. The first-order chi connectivity index (χ1) is 11.7. The smallest absolute Gasteiger partial charge is 0.172 e. The fourth-order valence-corrected chi connectivity index (χ4v) is 2.16. The molecule has 24 heavy (non-hydrogen) atoms. The molecule has 1 atom stereocenters. The number of nitrogens with two attached hydrogens (primary N) is 1. The standard InChI is InChI=1S/C17H17FN4O2/c1-23-13-6-2-11(3-7-13)16(19)17-20-15(21-22-17)10-24-14-8-4-12(18)5-9-14/h2-9,16H,10,19H2,1H3,(H,20,21,22). The minimum Gasteiger partial charge on any atom is -0.497 e. The molecule has 2 aromatic carbocycles. The average Bonchev–Trinajstić information content (AvgIpc) is 3.10. The molecule has 0 aliphatic heterocycles. The first-order valence-corrected chi connectivity index (χ1v) is 7.35. The van der Waals surface area contributed by atoms with Crippen LogP contribution in [-0.4, -0.2) is 22.3 Å². The Morgan fingerprint density at radius 1 is 1.08 bits per heavy atom. The molecule has 1 aromatic heterocycles. The second-order valence-electron chi connectivity index (χ2n) is 5.13. The number of aromatic amines is 1. The third-order valence-electron chi connectivity index (χ3n) is 3.49. The zero-order valence-corrected chi connectivity index (χ0v) is 13.1. The lowest BCUT2D eigenvalue weighted by atomic mass is 10.1. The van der Waals surface area contributed by atoms with Gasteiger partial charge in [0.15, 0.2) is 11.6 Å². The number of rotatable bonds is 6. The maximum atomic E-state index is 12.8. The van der Waals surface area contributed by atoms with Crippen LogP contribution in [-0.2, 0) is 6.61 Å². The summed E-state index contributed by atoms with van der Waals surface area (Å²) >= 11 is 0. The Labute approximate surface area is 138 Å². The van der Waals surface area contributed by atoms with Gasteiger partial charge < -0.3 is 15.2 Å². The van der Waals surface area contributed by atoms with E-state index in [1.54, 1.807) is 19.2 Å². The van der Waals surface area contributed by atoms with Crippen molar-refractivity contribution in [2.24, 2.45) is 5.73 Å². The van der Waals surface area contributed by atoms with Gasteiger partial charge in [-0.1, -0.05) is 12.1 Å². The molecule has 0 radical (unpaired) electrons. The number of aromatic nitrogens is 3. The van der Waals surface area contributed by atoms with Crippen molar-refractivity contribution >= 4 is 0 Å². The van der Waals surface area contributed by atoms with E-state index in [-0.39, 0.29) is 12.4 Å². The summed E-state index contributed by atoms with van der Waals surface area (Å²) in [5.41, 5.74) is 7.05. The van der Waals surface area contributed by atoms with E-state index in [4.69, 9.17) is 15.2 Å². The topological polar surface area (TPSA) is 86.0 Å². The van der Waals surface area contributed by atoms with E-state index in [1.807, 2.05) is 24.3 Å².